The molecule has 0 aromatic heterocycles. The van der Waals surface area contributed by atoms with Gasteiger partial charge >= 0.3 is 0 Å². The second-order valence-corrected chi connectivity index (χ2v) is 3.96. The van der Waals surface area contributed by atoms with Crippen LogP contribution in [0.5, 0.6) is 0 Å². The van der Waals surface area contributed by atoms with Crippen LogP contribution in [0, 0.1) is 6.92 Å². The standard InChI is InChI=1S/C13H17NO/c1-5-13(4,14-11(3)15)12-8-6-7-10(2)9-12/h5-9H,1H2,2-4H3,(H,14,15). The number of hydrogen-bond acceptors (Lipinski definition) is 1. The monoisotopic (exact) mass is 203 g/mol. The van der Waals surface area contributed by atoms with Crippen LogP contribution in [0.2, 0.25) is 0 Å². The average Bonchev–Trinajstić information content (AvgIpc) is 2.16. The van der Waals surface area contributed by atoms with Crippen molar-refractivity contribution in [3.63, 3.8) is 0 Å². The molecule has 1 amide bonds. The number of carbonyl (C=O) groups excluding carboxylic acids is 1. The Morgan fingerprint density at radius 2 is 2.20 bits per heavy atom. The molecule has 0 bridgehead atoms. The summed E-state index contributed by atoms with van der Waals surface area (Å²) in [6, 6.07) is 8.05. The lowest BCUT2D eigenvalue weighted by Gasteiger charge is -2.27. The van der Waals surface area contributed by atoms with E-state index in [1.54, 1.807) is 6.08 Å². The highest BCUT2D eigenvalue weighted by Gasteiger charge is 2.23. The smallest absolute Gasteiger partial charge is 0.217 e. The predicted octanol–water partition coefficient (Wildman–Crippen LogP) is 2.53. The first-order valence-corrected chi connectivity index (χ1v) is 4.97. The predicted molar refractivity (Wildman–Crippen MR) is 62.5 cm³/mol. The number of benzene rings is 1. The number of aryl methyl sites for hydroxylation is 1. The van der Waals surface area contributed by atoms with Crippen molar-refractivity contribution in [3.05, 3.63) is 48.0 Å². The zero-order valence-corrected chi connectivity index (χ0v) is 9.50. The van der Waals surface area contributed by atoms with Crippen molar-refractivity contribution in [3.8, 4) is 0 Å². The Labute approximate surface area is 91.0 Å². The largest absolute Gasteiger partial charge is 0.344 e. The van der Waals surface area contributed by atoms with Crippen LogP contribution < -0.4 is 5.32 Å². The lowest BCUT2D eigenvalue weighted by atomic mass is 9.91. The molecule has 0 heterocycles. The molecule has 1 N–H and O–H groups in total. The molecule has 0 aliphatic rings. The summed E-state index contributed by atoms with van der Waals surface area (Å²) >= 11 is 0. The highest BCUT2D eigenvalue weighted by molar-refractivity contribution is 5.74. The first-order chi connectivity index (χ1) is 6.98. The molecular weight excluding hydrogens is 186 g/mol. The van der Waals surface area contributed by atoms with E-state index in [9.17, 15) is 4.79 Å². The van der Waals surface area contributed by atoms with Gasteiger partial charge in [0.15, 0.2) is 0 Å². The maximum Gasteiger partial charge on any atom is 0.217 e. The van der Waals surface area contributed by atoms with Gasteiger partial charge in [-0.2, -0.15) is 0 Å². The normalized spacial score (nSPS) is 14.1. The first-order valence-electron chi connectivity index (χ1n) is 4.97. The molecule has 1 atom stereocenters. The summed E-state index contributed by atoms with van der Waals surface area (Å²) in [4.78, 5) is 11.1. The van der Waals surface area contributed by atoms with Crippen LogP contribution in [0.15, 0.2) is 36.9 Å². The lowest BCUT2D eigenvalue weighted by molar-refractivity contribution is -0.120. The molecule has 0 saturated carbocycles. The molecule has 0 spiro atoms. The molecule has 0 saturated heterocycles. The van der Waals surface area contributed by atoms with E-state index in [1.807, 2.05) is 32.0 Å². The molecule has 1 aromatic rings. The van der Waals surface area contributed by atoms with Gasteiger partial charge in [-0.3, -0.25) is 4.79 Å². The molecule has 0 radical (unpaired) electrons. The number of rotatable bonds is 3. The molecule has 1 rings (SSSR count). The molecule has 15 heavy (non-hydrogen) atoms. The fourth-order valence-corrected chi connectivity index (χ4v) is 1.57. The van der Waals surface area contributed by atoms with E-state index in [1.165, 1.54) is 12.5 Å². The fraction of sp³-hybridized carbons (Fsp3) is 0.308. The molecule has 1 unspecified atom stereocenters. The number of hydrogen-bond donors (Lipinski definition) is 1. The summed E-state index contributed by atoms with van der Waals surface area (Å²) in [6.45, 7) is 9.26. The lowest BCUT2D eigenvalue weighted by Crippen LogP contribution is -2.40. The van der Waals surface area contributed by atoms with Crippen molar-refractivity contribution in [2.45, 2.75) is 26.3 Å². The third-order valence-corrected chi connectivity index (χ3v) is 2.46. The van der Waals surface area contributed by atoms with Gasteiger partial charge in [0.25, 0.3) is 0 Å². The molecule has 0 aliphatic carbocycles. The molecule has 2 nitrogen and oxygen atoms in total. The maximum atomic E-state index is 11.1. The van der Waals surface area contributed by atoms with Gasteiger partial charge in [0.1, 0.15) is 0 Å². The molecule has 0 aliphatic heterocycles. The van der Waals surface area contributed by atoms with E-state index < -0.39 is 5.54 Å². The van der Waals surface area contributed by atoms with Crippen LogP contribution in [-0.2, 0) is 10.3 Å². The van der Waals surface area contributed by atoms with Crippen molar-refractivity contribution >= 4 is 5.91 Å². The zero-order chi connectivity index (χ0) is 11.5. The summed E-state index contributed by atoms with van der Waals surface area (Å²) in [5, 5.41) is 2.89. The van der Waals surface area contributed by atoms with Crippen molar-refractivity contribution < 1.29 is 4.79 Å². The van der Waals surface area contributed by atoms with Crippen molar-refractivity contribution in [2.24, 2.45) is 0 Å². The van der Waals surface area contributed by atoms with Gasteiger partial charge in [0.2, 0.25) is 5.91 Å². The average molecular weight is 203 g/mol. The van der Waals surface area contributed by atoms with Crippen molar-refractivity contribution in [1.29, 1.82) is 0 Å². The Balaban J connectivity index is 3.10. The summed E-state index contributed by atoms with van der Waals surface area (Å²) in [7, 11) is 0. The van der Waals surface area contributed by atoms with E-state index in [0.717, 1.165) is 5.56 Å². The molecule has 2 heteroatoms. The maximum absolute atomic E-state index is 11.1. The quantitative estimate of drug-likeness (QED) is 0.751. The van der Waals surface area contributed by atoms with Crippen molar-refractivity contribution in [1.82, 2.24) is 5.32 Å². The van der Waals surface area contributed by atoms with Gasteiger partial charge in [0.05, 0.1) is 5.54 Å². The number of carbonyl (C=O) groups is 1. The van der Waals surface area contributed by atoms with Crippen LogP contribution >= 0.6 is 0 Å². The third kappa shape index (κ3) is 2.69. The Morgan fingerprint density at radius 1 is 1.53 bits per heavy atom. The second-order valence-electron chi connectivity index (χ2n) is 3.96. The SMILES string of the molecule is C=CC(C)(NC(C)=O)c1cccc(C)c1. The van der Waals surface area contributed by atoms with E-state index in [-0.39, 0.29) is 5.91 Å². The first kappa shape index (κ1) is 11.5. The van der Waals surface area contributed by atoms with Gasteiger partial charge < -0.3 is 5.32 Å². The zero-order valence-electron chi connectivity index (χ0n) is 9.50. The Kier molecular flexibility index (Phi) is 3.30. The fourth-order valence-electron chi connectivity index (χ4n) is 1.57. The Hall–Kier alpha value is -1.57. The topological polar surface area (TPSA) is 29.1 Å². The molecule has 1 aromatic carbocycles. The van der Waals surface area contributed by atoms with Crippen LogP contribution in [0.1, 0.15) is 25.0 Å². The van der Waals surface area contributed by atoms with Gasteiger partial charge in [-0.25, -0.2) is 0 Å². The van der Waals surface area contributed by atoms with Crippen molar-refractivity contribution in [2.75, 3.05) is 0 Å². The van der Waals surface area contributed by atoms with E-state index >= 15 is 0 Å². The van der Waals surface area contributed by atoms with Gasteiger partial charge in [-0.15, -0.1) is 6.58 Å². The van der Waals surface area contributed by atoms with E-state index in [4.69, 9.17) is 0 Å². The van der Waals surface area contributed by atoms with Crippen LogP contribution in [0.3, 0.4) is 0 Å². The minimum atomic E-state index is -0.488. The van der Waals surface area contributed by atoms with Crippen LogP contribution in [0.25, 0.3) is 0 Å². The highest BCUT2D eigenvalue weighted by atomic mass is 16.1. The minimum Gasteiger partial charge on any atom is -0.344 e. The molecular formula is C13H17NO. The third-order valence-electron chi connectivity index (χ3n) is 2.46. The summed E-state index contributed by atoms with van der Waals surface area (Å²) in [6.07, 6.45) is 1.75. The van der Waals surface area contributed by atoms with Gasteiger partial charge in [0, 0.05) is 6.92 Å². The van der Waals surface area contributed by atoms with Crippen LogP contribution in [-0.4, -0.2) is 5.91 Å². The summed E-state index contributed by atoms with van der Waals surface area (Å²) in [5.74, 6) is -0.0566. The summed E-state index contributed by atoms with van der Waals surface area (Å²) < 4.78 is 0. The second kappa shape index (κ2) is 4.30. The molecule has 80 valence electrons. The van der Waals surface area contributed by atoms with E-state index in [2.05, 4.69) is 18.0 Å². The number of nitrogens with one attached hydrogen (secondary N) is 1. The molecule has 0 fully saturated rings. The Morgan fingerprint density at radius 3 is 2.67 bits per heavy atom. The highest BCUT2D eigenvalue weighted by Crippen LogP contribution is 2.22. The van der Waals surface area contributed by atoms with E-state index in [0.29, 0.717) is 0 Å². The number of amides is 1. The van der Waals surface area contributed by atoms with Crippen LogP contribution in [0.4, 0.5) is 0 Å². The van der Waals surface area contributed by atoms with Gasteiger partial charge in [-0.05, 0) is 19.4 Å². The minimum absolute atomic E-state index is 0.0566. The summed E-state index contributed by atoms with van der Waals surface area (Å²) in [5.41, 5.74) is 1.73. The van der Waals surface area contributed by atoms with Gasteiger partial charge in [-0.1, -0.05) is 35.9 Å². The Bertz CT molecular complexity index is 384.